The van der Waals surface area contributed by atoms with Crippen molar-refractivity contribution in [2.24, 2.45) is 0 Å². The Morgan fingerprint density at radius 3 is 2.68 bits per heavy atom. The predicted molar refractivity (Wildman–Crippen MR) is 90.2 cm³/mol. The molecule has 0 aliphatic rings. The molecule has 0 aliphatic carbocycles. The molecule has 1 aromatic heterocycles. The van der Waals surface area contributed by atoms with E-state index < -0.39 is 0 Å². The highest BCUT2D eigenvalue weighted by atomic mass is 16.1. The number of amides is 1. The van der Waals surface area contributed by atoms with E-state index in [1.807, 2.05) is 72.9 Å². The first-order valence-corrected chi connectivity index (χ1v) is 7.17. The normalized spacial score (nSPS) is 10.9. The summed E-state index contributed by atoms with van der Waals surface area (Å²) in [5, 5.41) is 6.20. The quantitative estimate of drug-likeness (QED) is 0.557. The van der Waals surface area contributed by atoms with Gasteiger partial charge in [0.1, 0.15) is 0 Å². The number of hydrogen-bond acceptors (Lipinski definition) is 1. The number of carbonyl (C=O) groups excluding carboxylic acids is 1. The van der Waals surface area contributed by atoms with E-state index in [-0.39, 0.29) is 5.91 Å². The van der Waals surface area contributed by atoms with Crippen molar-refractivity contribution >= 4 is 33.3 Å². The van der Waals surface area contributed by atoms with E-state index in [9.17, 15) is 4.79 Å². The second-order valence-corrected chi connectivity index (χ2v) is 5.26. The molecule has 0 atom stereocenters. The van der Waals surface area contributed by atoms with E-state index in [1.165, 1.54) is 0 Å². The van der Waals surface area contributed by atoms with E-state index in [0.717, 1.165) is 27.4 Å². The zero-order valence-corrected chi connectivity index (χ0v) is 11.8. The fraction of sp³-hybridized carbons (Fsp3) is 0. The van der Waals surface area contributed by atoms with Crippen molar-refractivity contribution in [3.8, 4) is 0 Å². The van der Waals surface area contributed by atoms with Crippen LogP contribution in [0.2, 0.25) is 0 Å². The van der Waals surface area contributed by atoms with Gasteiger partial charge in [-0.25, -0.2) is 0 Å². The highest BCUT2D eigenvalue weighted by molar-refractivity contribution is 6.10. The molecule has 4 rings (SSSR count). The van der Waals surface area contributed by atoms with Crippen molar-refractivity contribution in [1.82, 2.24) is 4.98 Å². The van der Waals surface area contributed by atoms with Crippen LogP contribution in [0.1, 0.15) is 10.4 Å². The topological polar surface area (TPSA) is 44.9 Å². The van der Waals surface area contributed by atoms with Crippen molar-refractivity contribution in [2.75, 3.05) is 5.32 Å². The molecule has 106 valence electrons. The number of aromatic nitrogens is 1. The van der Waals surface area contributed by atoms with Crippen LogP contribution in [0.3, 0.4) is 0 Å². The highest BCUT2D eigenvalue weighted by Gasteiger charge is 2.09. The number of rotatable bonds is 2. The minimum absolute atomic E-state index is 0.0977. The Morgan fingerprint density at radius 1 is 0.864 bits per heavy atom. The molecule has 3 aromatic carbocycles. The molecule has 0 saturated carbocycles. The van der Waals surface area contributed by atoms with Crippen LogP contribution in [-0.4, -0.2) is 10.9 Å². The van der Waals surface area contributed by atoms with Gasteiger partial charge in [0, 0.05) is 33.7 Å². The molecule has 3 nitrogen and oxygen atoms in total. The van der Waals surface area contributed by atoms with Crippen molar-refractivity contribution in [1.29, 1.82) is 0 Å². The third-order valence-corrected chi connectivity index (χ3v) is 3.85. The van der Waals surface area contributed by atoms with Crippen LogP contribution in [0.5, 0.6) is 0 Å². The first-order chi connectivity index (χ1) is 10.8. The van der Waals surface area contributed by atoms with Gasteiger partial charge >= 0.3 is 0 Å². The first kappa shape index (κ1) is 12.7. The van der Waals surface area contributed by atoms with Gasteiger partial charge in [-0.2, -0.15) is 0 Å². The van der Waals surface area contributed by atoms with Crippen molar-refractivity contribution in [3.63, 3.8) is 0 Å². The molecule has 0 radical (unpaired) electrons. The van der Waals surface area contributed by atoms with Gasteiger partial charge in [0.15, 0.2) is 0 Å². The fourth-order valence-corrected chi connectivity index (χ4v) is 2.72. The largest absolute Gasteiger partial charge is 0.361 e. The van der Waals surface area contributed by atoms with Crippen molar-refractivity contribution < 1.29 is 4.79 Å². The molecule has 1 amide bonds. The lowest BCUT2D eigenvalue weighted by Crippen LogP contribution is -2.11. The smallest absolute Gasteiger partial charge is 0.255 e. The second-order valence-electron chi connectivity index (χ2n) is 5.26. The van der Waals surface area contributed by atoms with Crippen LogP contribution >= 0.6 is 0 Å². The minimum Gasteiger partial charge on any atom is -0.361 e. The van der Waals surface area contributed by atoms with Crippen LogP contribution in [0.4, 0.5) is 5.69 Å². The summed E-state index contributed by atoms with van der Waals surface area (Å²) in [5.74, 6) is -0.0977. The van der Waals surface area contributed by atoms with Crippen LogP contribution in [0.25, 0.3) is 21.7 Å². The van der Waals surface area contributed by atoms with Gasteiger partial charge < -0.3 is 10.3 Å². The molecule has 0 fully saturated rings. The molecule has 4 aromatic rings. The zero-order valence-electron chi connectivity index (χ0n) is 11.8. The molecule has 1 heterocycles. The maximum Gasteiger partial charge on any atom is 0.255 e. The molecule has 2 N–H and O–H groups in total. The third-order valence-electron chi connectivity index (χ3n) is 3.85. The monoisotopic (exact) mass is 286 g/mol. The molecule has 0 bridgehead atoms. The number of aromatic amines is 1. The predicted octanol–water partition coefficient (Wildman–Crippen LogP) is 4.57. The van der Waals surface area contributed by atoms with Crippen LogP contribution in [-0.2, 0) is 0 Å². The van der Waals surface area contributed by atoms with Crippen LogP contribution in [0.15, 0.2) is 72.9 Å². The van der Waals surface area contributed by atoms with E-state index in [2.05, 4.69) is 10.3 Å². The number of hydrogen-bond donors (Lipinski definition) is 2. The summed E-state index contributed by atoms with van der Waals surface area (Å²) in [4.78, 5) is 15.6. The zero-order chi connectivity index (χ0) is 14.9. The van der Waals surface area contributed by atoms with E-state index >= 15 is 0 Å². The van der Waals surface area contributed by atoms with Crippen molar-refractivity contribution in [2.45, 2.75) is 0 Å². The second kappa shape index (κ2) is 5.04. The number of fused-ring (bicyclic) bond motifs is 2. The molecule has 22 heavy (non-hydrogen) atoms. The van der Waals surface area contributed by atoms with Crippen molar-refractivity contribution in [3.05, 3.63) is 78.5 Å². The summed E-state index contributed by atoms with van der Waals surface area (Å²) in [6, 6.07) is 21.6. The van der Waals surface area contributed by atoms with Crippen LogP contribution < -0.4 is 5.32 Å². The lowest BCUT2D eigenvalue weighted by atomic mass is 10.1. The Bertz CT molecular complexity index is 979. The van der Waals surface area contributed by atoms with Gasteiger partial charge in [0.25, 0.3) is 5.91 Å². The van der Waals surface area contributed by atoms with Gasteiger partial charge in [-0.05, 0) is 35.7 Å². The van der Waals surface area contributed by atoms with Gasteiger partial charge in [0.2, 0.25) is 0 Å². The lowest BCUT2D eigenvalue weighted by molar-refractivity contribution is 0.102. The first-order valence-electron chi connectivity index (χ1n) is 7.17. The van der Waals surface area contributed by atoms with Gasteiger partial charge in [-0.1, -0.05) is 36.4 Å². The maximum absolute atomic E-state index is 12.5. The molecular weight excluding hydrogens is 272 g/mol. The highest BCUT2D eigenvalue weighted by Crippen LogP contribution is 2.24. The summed E-state index contributed by atoms with van der Waals surface area (Å²) in [5.41, 5.74) is 2.51. The average molecular weight is 286 g/mol. The summed E-state index contributed by atoms with van der Waals surface area (Å²) < 4.78 is 0. The number of anilines is 1. The van der Waals surface area contributed by atoms with Crippen LogP contribution in [0, 0.1) is 0 Å². The summed E-state index contributed by atoms with van der Waals surface area (Å²) in [7, 11) is 0. The van der Waals surface area contributed by atoms with Gasteiger partial charge in [0.05, 0.1) is 0 Å². The average Bonchev–Trinajstić information content (AvgIpc) is 3.02. The summed E-state index contributed by atoms with van der Waals surface area (Å²) in [6.07, 6.45) is 1.87. The molecule has 0 aliphatic heterocycles. The molecule has 3 heteroatoms. The molecule has 0 saturated heterocycles. The molecular formula is C19H14N2O. The summed E-state index contributed by atoms with van der Waals surface area (Å²) in [6.45, 7) is 0. The van der Waals surface area contributed by atoms with Gasteiger partial charge in [-0.15, -0.1) is 0 Å². The Balaban J connectivity index is 1.71. The Hall–Kier alpha value is -3.07. The molecule has 0 unspecified atom stereocenters. The fourth-order valence-electron chi connectivity index (χ4n) is 2.72. The Labute approximate surface area is 127 Å². The Kier molecular flexibility index (Phi) is 2.90. The SMILES string of the molecule is O=C(Nc1cccc2ccccc12)c1ccc2[nH]ccc2c1. The lowest BCUT2D eigenvalue weighted by Gasteiger charge is -2.09. The number of H-pyrrole nitrogens is 1. The maximum atomic E-state index is 12.5. The van der Waals surface area contributed by atoms with E-state index in [4.69, 9.17) is 0 Å². The molecule has 0 spiro atoms. The number of nitrogens with one attached hydrogen (secondary N) is 2. The third kappa shape index (κ3) is 2.13. The standard InChI is InChI=1S/C19H14N2O/c22-19(15-8-9-17-14(12-15)10-11-20-17)21-18-7-3-5-13-4-1-2-6-16(13)18/h1-12,20H,(H,21,22). The van der Waals surface area contributed by atoms with E-state index in [1.54, 1.807) is 0 Å². The number of benzene rings is 3. The number of carbonyl (C=O) groups is 1. The summed E-state index contributed by atoms with van der Waals surface area (Å²) >= 11 is 0. The van der Waals surface area contributed by atoms with Gasteiger partial charge in [-0.3, -0.25) is 4.79 Å². The Morgan fingerprint density at radius 2 is 1.73 bits per heavy atom. The van der Waals surface area contributed by atoms with E-state index in [0.29, 0.717) is 5.56 Å². The minimum atomic E-state index is -0.0977.